The number of amidine groups is 4. The van der Waals surface area contributed by atoms with Crippen molar-refractivity contribution < 1.29 is 9.15 Å². The molecule has 1 spiro atoms. The first-order chi connectivity index (χ1) is 48.6. The first kappa shape index (κ1) is 50.2. The highest BCUT2D eigenvalue weighted by Gasteiger charge is 2.69. The van der Waals surface area contributed by atoms with E-state index >= 15 is 0 Å². The first-order valence-electron chi connectivity index (χ1n) is 33.5. The van der Waals surface area contributed by atoms with Crippen LogP contribution in [0.2, 0.25) is 0 Å². The molecule has 448 valence electrons. The van der Waals surface area contributed by atoms with Crippen molar-refractivity contribution in [2.75, 3.05) is 0 Å². The maximum absolute atomic E-state index is 5.93. The standard InChI is InChI=1S/C65H34N8.C21H12N4/c1-9-25-42-34(17-1)35-18-2-10-26-43(35)51-50(42)58-66-59(51)69-63-56-48-31-15-7-23-40(48)41-24-8-16-32-49(41)57(56)65-71-61-53-45-28-12-4-20-37(45)36-19-3-11-27-44(36)52(53)60(67-61)70-64-55-47-30-14-6-22-39(47)38-21-5-13-29-46(38)54(55)62(68-58)72(64)33-73(63)65;1-2-14-10-16-5-6-18-12-20-8-7-19-11-17-4-3-15-9-13(1)22(14)21(23(15)17,24(16)18)25(19)20/h1-32H,33H2;1-12H/q;+2. The summed E-state index contributed by atoms with van der Waals surface area (Å²) < 4.78 is 14.5. The van der Waals surface area contributed by atoms with Crippen molar-refractivity contribution in [2.24, 2.45) is 30.0 Å². The smallest absolute Gasteiger partial charge is 0.291 e. The second-order valence-corrected chi connectivity index (χ2v) is 26.9. The van der Waals surface area contributed by atoms with Crippen molar-refractivity contribution in [3.8, 4) is 0 Å². The van der Waals surface area contributed by atoms with E-state index in [9.17, 15) is 0 Å². The predicted octanol–water partition coefficient (Wildman–Crippen LogP) is 14.9. The van der Waals surface area contributed by atoms with Crippen LogP contribution < -0.4 is 21.7 Å². The van der Waals surface area contributed by atoms with Gasteiger partial charge in [-0.05, 0) is 117 Å². The summed E-state index contributed by atoms with van der Waals surface area (Å²) in [7, 11) is 0. The summed E-state index contributed by atoms with van der Waals surface area (Å²) in [6.45, 7) is 0.292. The molecule has 10 aliphatic heterocycles. The summed E-state index contributed by atoms with van der Waals surface area (Å²) >= 11 is 0. The molecular formula is C86H46N12+2. The second kappa shape index (κ2) is 17.3. The fourth-order valence-corrected chi connectivity index (χ4v) is 18.6. The molecule has 0 amide bonds. The predicted molar refractivity (Wildman–Crippen MR) is 394 cm³/mol. The summed E-state index contributed by atoms with van der Waals surface area (Å²) in [5, 5.41) is 24.4. The zero-order valence-corrected chi connectivity index (χ0v) is 52.0. The molecule has 0 radical (unpaired) electrons. The van der Waals surface area contributed by atoms with E-state index in [1.807, 2.05) is 0 Å². The largest absolute Gasteiger partial charge is 0.553 e. The van der Waals surface area contributed by atoms with Crippen LogP contribution in [0, 0.1) is 0 Å². The van der Waals surface area contributed by atoms with Crippen LogP contribution in [0.4, 0.5) is 11.6 Å². The maximum atomic E-state index is 5.93. The van der Waals surface area contributed by atoms with E-state index in [1.165, 1.54) is 44.9 Å². The van der Waals surface area contributed by atoms with Crippen LogP contribution >= 0.6 is 0 Å². The van der Waals surface area contributed by atoms with Gasteiger partial charge in [0.15, 0.2) is 23.3 Å². The molecule has 10 aliphatic rings. The molecule has 0 aliphatic carbocycles. The van der Waals surface area contributed by atoms with Crippen LogP contribution in [0.25, 0.3) is 126 Å². The van der Waals surface area contributed by atoms with Crippen LogP contribution in [0.1, 0.15) is 33.6 Å². The van der Waals surface area contributed by atoms with E-state index in [0.717, 1.165) is 153 Å². The van der Waals surface area contributed by atoms with Crippen molar-refractivity contribution in [1.29, 1.82) is 0 Å². The molecule has 0 saturated heterocycles. The lowest BCUT2D eigenvalue weighted by Crippen LogP contribution is -2.69. The molecular weight excluding hydrogens is 1200 g/mol. The number of fused-ring (bicyclic) bond motifs is 34. The number of aromatic nitrogens is 4. The van der Waals surface area contributed by atoms with Crippen molar-refractivity contribution in [3.63, 3.8) is 0 Å². The Morgan fingerprint density at radius 2 is 0.612 bits per heavy atom. The van der Waals surface area contributed by atoms with E-state index in [0.29, 0.717) is 30.0 Å². The van der Waals surface area contributed by atoms with E-state index in [4.69, 9.17) is 30.0 Å². The Labute approximate surface area is 554 Å². The average Bonchev–Trinajstić information content (AvgIpc) is 1.45. The van der Waals surface area contributed by atoms with Gasteiger partial charge in [-0.1, -0.05) is 203 Å². The zero-order chi connectivity index (χ0) is 63.1. The lowest BCUT2D eigenvalue weighted by molar-refractivity contribution is -0.836. The van der Waals surface area contributed by atoms with Crippen LogP contribution in [0.15, 0.2) is 290 Å². The molecule has 0 saturated carbocycles. The molecule has 1 atom stereocenters. The molecule has 98 heavy (non-hydrogen) atoms. The monoisotopic (exact) mass is 1250 g/mol. The topological polar surface area (TPSA) is 99.9 Å². The molecule has 0 fully saturated rings. The second-order valence-electron chi connectivity index (χ2n) is 26.9. The van der Waals surface area contributed by atoms with Gasteiger partial charge in [-0.3, -0.25) is 9.13 Å². The Morgan fingerprint density at radius 3 is 1.04 bits per heavy atom. The normalized spacial score (nSPS) is 17.7. The number of hydrogen-bond donors (Lipinski definition) is 0. The molecule has 12 nitrogen and oxygen atoms in total. The van der Waals surface area contributed by atoms with Gasteiger partial charge >= 0.3 is 5.91 Å². The van der Waals surface area contributed by atoms with Gasteiger partial charge in [0.2, 0.25) is 22.8 Å². The minimum Gasteiger partial charge on any atom is -0.291 e. The summed E-state index contributed by atoms with van der Waals surface area (Å²) in [6, 6.07) is 78.6. The Morgan fingerprint density at radius 1 is 0.276 bits per heavy atom. The molecule has 6 bridgehead atoms. The molecule has 0 N–H and O–H groups in total. The van der Waals surface area contributed by atoms with E-state index in [1.54, 1.807) is 0 Å². The molecule has 26 rings (SSSR count). The van der Waals surface area contributed by atoms with E-state index in [-0.39, 0.29) is 0 Å². The van der Waals surface area contributed by atoms with Gasteiger partial charge in [0.05, 0.1) is 28.2 Å². The highest BCUT2D eigenvalue weighted by molar-refractivity contribution is 6.39. The number of rotatable bonds is 0. The quantitative estimate of drug-likeness (QED) is 0.107. The van der Waals surface area contributed by atoms with Crippen LogP contribution in [-0.4, -0.2) is 62.2 Å². The fourth-order valence-electron chi connectivity index (χ4n) is 18.6. The van der Waals surface area contributed by atoms with Gasteiger partial charge in [0, 0.05) is 80.3 Å². The van der Waals surface area contributed by atoms with Crippen molar-refractivity contribution in [3.05, 3.63) is 315 Å². The van der Waals surface area contributed by atoms with Crippen molar-refractivity contribution >= 4 is 172 Å². The first-order valence-corrected chi connectivity index (χ1v) is 33.5. The Bertz CT molecular complexity index is 7110. The number of benzene rings is 12. The number of nitrogens with zero attached hydrogens (tertiary/aromatic N) is 12. The summed E-state index contributed by atoms with van der Waals surface area (Å²) in [4.78, 5) is 35.0. The zero-order valence-electron chi connectivity index (χ0n) is 52.0. The summed E-state index contributed by atoms with van der Waals surface area (Å²) in [5.41, 5.74) is 12.9. The summed E-state index contributed by atoms with van der Waals surface area (Å²) in [6.07, 6.45) is 18.1. The SMILES string of the molecule is C1=CC2=[N+]3C1=Cc1ccc4n1C31n3c(ccc3=C4)=CC3=[N+]1C(=C2)C=C3.c1ccc2c(c1)c1c(c3ccccc32)C2=Nc3c4c5ccccc5c5ccccc5c4c4n3Cn3c(c5c6ccccc6c6ccccc6c5c3=NC3=NC(=N4)c4c3c3ccccc3c3ccccc43)=NC1=N2. The minimum absolute atomic E-state index is 0.292. The van der Waals surface area contributed by atoms with E-state index in [2.05, 4.69) is 294 Å². The van der Waals surface area contributed by atoms with Gasteiger partial charge < -0.3 is 0 Å². The molecule has 1 unspecified atom stereocenters. The van der Waals surface area contributed by atoms with Gasteiger partial charge in [0.25, 0.3) is 0 Å². The third-order valence-corrected chi connectivity index (χ3v) is 22.2. The van der Waals surface area contributed by atoms with Crippen LogP contribution in [0.5, 0.6) is 0 Å². The molecule has 4 aromatic heterocycles. The lowest BCUT2D eigenvalue weighted by Gasteiger charge is -2.37. The third-order valence-electron chi connectivity index (χ3n) is 22.2. The van der Waals surface area contributed by atoms with Gasteiger partial charge in [-0.2, -0.15) is 9.13 Å². The number of hydrogen-bond acceptors (Lipinski definition) is 6. The van der Waals surface area contributed by atoms with Crippen molar-refractivity contribution in [2.45, 2.75) is 12.6 Å². The molecule has 12 aromatic carbocycles. The Kier molecular flexibility index (Phi) is 8.88. The maximum Gasteiger partial charge on any atom is 0.553 e. The minimum atomic E-state index is -0.433. The Hall–Kier alpha value is -13.3. The molecule has 14 heterocycles. The van der Waals surface area contributed by atoms with Gasteiger partial charge in [-0.25, -0.2) is 30.0 Å². The molecule has 12 heteroatoms. The van der Waals surface area contributed by atoms with Crippen molar-refractivity contribution in [1.82, 2.24) is 18.3 Å². The number of aliphatic imine (C=N–C) groups is 4. The van der Waals surface area contributed by atoms with Gasteiger partial charge in [0.1, 0.15) is 29.3 Å². The highest BCUT2D eigenvalue weighted by Crippen LogP contribution is 2.51. The van der Waals surface area contributed by atoms with Crippen LogP contribution in [0.3, 0.4) is 0 Å². The number of allylic oxidation sites excluding steroid dienone is 5. The third kappa shape index (κ3) is 5.86. The van der Waals surface area contributed by atoms with E-state index < -0.39 is 5.91 Å². The fraction of sp³-hybridized carbons (Fsp3) is 0.0233. The summed E-state index contributed by atoms with van der Waals surface area (Å²) in [5.74, 6) is 3.57. The average molecular weight is 1250 g/mol. The van der Waals surface area contributed by atoms with Gasteiger partial charge in [-0.15, -0.1) is 0 Å². The Balaban J connectivity index is 0.000000189. The highest BCUT2D eigenvalue weighted by atomic mass is 15.6. The molecule has 16 aromatic rings. The van der Waals surface area contributed by atoms with Crippen LogP contribution in [-0.2, 0) is 12.6 Å². The lowest BCUT2D eigenvalue weighted by atomic mass is 9.92.